The van der Waals surface area contributed by atoms with Crippen molar-refractivity contribution in [3.05, 3.63) is 36.4 Å². The summed E-state index contributed by atoms with van der Waals surface area (Å²) in [5, 5.41) is 4.17. The number of nitrogens with two attached hydrogens (primary N) is 1. The second kappa shape index (κ2) is 10.6. The van der Waals surface area contributed by atoms with Gasteiger partial charge >= 0.3 is 0 Å². The maximum absolute atomic E-state index is 13.2. The number of unbranched alkanes of at least 4 members (excludes halogenated alkanes) is 2. The first kappa shape index (κ1) is 23.1. The van der Waals surface area contributed by atoms with Crippen LogP contribution in [0.5, 0.6) is 0 Å². The number of nitrogens with one attached hydrogen (secondary N) is 2. The van der Waals surface area contributed by atoms with Crippen LogP contribution in [0.15, 0.2) is 41.3 Å². The molecule has 1 amide bonds. The molecular weight excluding hydrogens is 388 g/mol. The molecule has 0 aromatic heterocycles. The van der Waals surface area contributed by atoms with Crippen LogP contribution in [0, 0.1) is 0 Å². The Balaban J connectivity index is 2.39. The SMILES string of the molecule is CCCCC[C@H](NS(=O)(=O)c1cccc2c(N(C)C)cccc12)C(=O)NCCN. The van der Waals surface area contributed by atoms with Gasteiger partial charge in [0.2, 0.25) is 15.9 Å². The molecule has 0 saturated heterocycles. The van der Waals surface area contributed by atoms with Gasteiger partial charge in [0.05, 0.1) is 4.90 Å². The summed E-state index contributed by atoms with van der Waals surface area (Å²) in [6.45, 7) is 2.67. The third kappa shape index (κ3) is 5.91. The van der Waals surface area contributed by atoms with Crippen molar-refractivity contribution in [3.63, 3.8) is 0 Å². The number of carbonyl (C=O) groups is 1. The van der Waals surface area contributed by atoms with Crippen LogP contribution in [-0.2, 0) is 14.8 Å². The van der Waals surface area contributed by atoms with Crippen LogP contribution in [0.2, 0.25) is 0 Å². The largest absolute Gasteiger partial charge is 0.377 e. The zero-order chi connectivity index (χ0) is 21.4. The quantitative estimate of drug-likeness (QED) is 0.484. The number of nitrogens with zero attached hydrogens (tertiary/aromatic N) is 1. The first-order chi connectivity index (χ1) is 13.8. The van der Waals surface area contributed by atoms with E-state index in [1.54, 1.807) is 18.2 Å². The summed E-state index contributed by atoms with van der Waals surface area (Å²) in [5.74, 6) is -0.343. The summed E-state index contributed by atoms with van der Waals surface area (Å²) in [7, 11) is -0.0635. The van der Waals surface area contributed by atoms with Gasteiger partial charge in [-0.1, -0.05) is 50.5 Å². The summed E-state index contributed by atoms with van der Waals surface area (Å²) < 4.78 is 29.1. The molecule has 29 heavy (non-hydrogen) atoms. The highest BCUT2D eigenvalue weighted by Crippen LogP contribution is 2.30. The molecule has 0 bridgehead atoms. The molecule has 0 aliphatic carbocycles. The zero-order valence-corrected chi connectivity index (χ0v) is 18.3. The standard InChI is InChI=1S/C21H32N4O3S/c1-4-5-6-11-18(21(26)23-15-14-22)24-29(27,28)20-13-8-9-16-17(20)10-7-12-19(16)25(2)3/h7-10,12-13,18,24H,4-6,11,14-15,22H2,1-3H3,(H,23,26)/t18-/m0/s1. The van der Waals surface area contributed by atoms with Crippen molar-refractivity contribution in [2.45, 2.75) is 43.5 Å². The molecule has 0 radical (unpaired) electrons. The molecule has 1 atom stereocenters. The molecule has 0 aliphatic rings. The molecule has 0 fully saturated rings. The van der Waals surface area contributed by atoms with Crippen LogP contribution in [0.25, 0.3) is 10.8 Å². The van der Waals surface area contributed by atoms with Crippen molar-refractivity contribution in [1.82, 2.24) is 10.0 Å². The zero-order valence-electron chi connectivity index (χ0n) is 17.4. The number of anilines is 1. The lowest BCUT2D eigenvalue weighted by molar-refractivity contribution is -0.122. The molecular formula is C21H32N4O3S. The first-order valence-electron chi connectivity index (χ1n) is 10.0. The molecule has 160 valence electrons. The Kier molecular flexibility index (Phi) is 8.43. The highest BCUT2D eigenvalue weighted by atomic mass is 32.2. The van der Waals surface area contributed by atoms with Crippen LogP contribution < -0.4 is 20.7 Å². The Labute approximate surface area is 173 Å². The van der Waals surface area contributed by atoms with Gasteiger partial charge in [0.15, 0.2) is 0 Å². The van der Waals surface area contributed by atoms with Gasteiger partial charge in [0.1, 0.15) is 6.04 Å². The highest BCUT2D eigenvalue weighted by molar-refractivity contribution is 7.89. The van der Waals surface area contributed by atoms with E-state index < -0.39 is 16.1 Å². The van der Waals surface area contributed by atoms with Gasteiger partial charge in [-0.2, -0.15) is 4.72 Å². The molecule has 7 nitrogen and oxygen atoms in total. The van der Waals surface area contributed by atoms with Gasteiger partial charge in [-0.05, 0) is 18.6 Å². The van der Waals surface area contributed by atoms with Crippen LogP contribution in [0.1, 0.15) is 32.6 Å². The molecule has 8 heteroatoms. The van der Waals surface area contributed by atoms with Gasteiger partial charge in [-0.15, -0.1) is 0 Å². The van der Waals surface area contributed by atoms with E-state index in [1.807, 2.05) is 37.2 Å². The van der Waals surface area contributed by atoms with Gasteiger partial charge in [-0.3, -0.25) is 4.79 Å². The molecule has 0 heterocycles. The van der Waals surface area contributed by atoms with E-state index in [0.717, 1.165) is 30.3 Å². The number of fused-ring (bicyclic) bond motifs is 1. The average Bonchev–Trinajstić information content (AvgIpc) is 2.70. The third-order valence-corrected chi connectivity index (χ3v) is 6.31. The minimum absolute atomic E-state index is 0.172. The normalized spacial score (nSPS) is 12.7. The molecule has 0 saturated carbocycles. The van der Waals surface area contributed by atoms with Crippen LogP contribution in [0.4, 0.5) is 5.69 Å². The first-order valence-corrected chi connectivity index (χ1v) is 11.5. The Hall–Kier alpha value is -2.16. The van der Waals surface area contributed by atoms with Gasteiger partial charge in [0, 0.05) is 43.6 Å². The van der Waals surface area contributed by atoms with E-state index >= 15 is 0 Å². The Morgan fingerprint density at radius 1 is 1.10 bits per heavy atom. The number of carbonyl (C=O) groups excluding carboxylic acids is 1. The fourth-order valence-electron chi connectivity index (χ4n) is 3.30. The van der Waals surface area contributed by atoms with Gasteiger partial charge in [-0.25, -0.2) is 8.42 Å². The van der Waals surface area contributed by atoms with Crippen molar-refractivity contribution in [1.29, 1.82) is 0 Å². The Bertz CT molecular complexity index is 929. The van der Waals surface area contributed by atoms with Crippen LogP contribution in [0.3, 0.4) is 0 Å². The second-order valence-corrected chi connectivity index (χ2v) is 8.95. The van der Waals surface area contributed by atoms with E-state index in [1.165, 1.54) is 0 Å². The summed E-state index contributed by atoms with van der Waals surface area (Å²) in [6.07, 6.45) is 3.13. The number of benzene rings is 2. The van der Waals surface area contributed by atoms with Gasteiger partial charge < -0.3 is 16.0 Å². The van der Waals surface area contributed by atoms with Gasteiger partial charge in [0.25, 0.3) is 0 Å². The number of sulfonamides is 1. The number of rotatable bonds is 11. The van der Waals surface area contributed by atoms with Crippen molar-refractivity contribution in [3.8, 4) is 0 Å². The number of hydrogen-bond acceptors (Lipinski definition) is 5. The topological polar surface area (TPSA) is 105 Å². The maximum Gasteiger partial charge on any atom is 0.241 e. The van der Waals surface area contributed by atoms with Crippen molar-refractivity contribution >= 4 is 32.4 Å². The Morgan fingerprint density at radius 3 is 2.45 bits per heavy atom. The minimum atomic E-state index is -3.90. The van der Waals surface area contributed by atoms with Crippen molar-refractivity contribution in [2.24, 2.45) is 5.73 Å². The van der Waals surface area contributed by atoms with E-state index in [9.17, 15) is 13.2 Å². The number of amides is 1. The summed E-state index contributed by atoms with van der Waals surface area (Å²) in [5.41, 5.74) is 6.39. The highest BCUT2D eigenvalue weighted by Gasteiger charge is 2.26. The maximum atomic E-state index is 13.2. The minimum Gasteiger partial charge on any atom is -0.377 e. The lowest BCUT2D eigenvalue weighted by Gasteiger charge is -2.20. The fourth-order valence-corrected chi connectivity index (χ4v) is 4.75. The van der Waals surface area contributed by atoms with Crippen molar-refractivity contribution < 1.29 is 13.2 Å². The molecule has 2 rings (SSSR count). The molecule has 0 unspecified atom stereocenters. The summed E-state index contributed by atoms with van der Waals surface area (Å²) in [6, 6.07) is 9.94. The lowest BCUT2D eigenvalue weighted by Crippen LogP contribution is -2.47. The molecule has 4 N–H and O–H groups in total. The average molecular weight is 421 g/mol. The smallest absolute Gasteiger partial charge is 0.241 e. The van der Waals surface area contributed by atoms with E-state index in [4.69, 9.17) is 5.73 Å². The van der Waals surface area contributed by atoms with Crippen molar-refractivity contribution in [2.75, 3.05) is 32.1 Å². The molecule has 0 spiro atoms. The fraction of sp³-hybridized carbons (Fsp3) is 0.476. The molecule has 2 aromatic rings. The molecule has 0 aliphatic heterocycles. The molecule has 2 aromatic carbocycles. The lowest BCUT2D eigenvalue weighted by atomic mass is 10.1. The predicted molar refractivity (Wildman–Crippen MR) is 119 cm³/mol. The summed E-state index contributed by atoms with van der Waals surface area (Å²) in [4.78, 5) is 14.6. The third-order valence-electron chi connectivity index (χ3n) is 4.78. The summed E-state index contributed by atoms with van der Waals surface area (Å²) >= 11 is 0. The van der Waals surface area contributed by atoms with E-state index in [-0.39, 0.29) is 10.8 Å². The Morgan fingerprint density at radius 2 is 1.79 bits per heavy atom. The predicted octanol–water partition coefficient (Wildman–Crippen LogP) is 2.21. The van der Waals surface area contributed by atoms with E-state index in [0.29, 0.717) is 24.9 Å². The van der Waals surface area contributed by atoms with E-state index in [2.05, 4.69) is 17.0 Å². The number of hydrogen-bond donors (Lipinski definition) is 3. The second-order valence-electron chi connectivity index (χ2n) is 7.27. The van der Waals surface area contributed by atoms with Crippen LogP contribution in [-0.4, -0.2) is 47.6 Å². The monoisotopic (exact) mass is 420 g/mol. The van der Waals surface area contributed by atoms with Crippen LogP contribution >= 0.6 is 0 Å².